The Hall–Kier alpha value is -0.420. The Balaban J connectivity index is 2.88. The molecule has 0 heterocycles. The van der Waals surface area contributed by atoms with E-state index in [9.17, 15) is 4.39 Å². The Kier molecular flexibility index (Phi) is 2.18. The van der Waals surface area contributed by atoms with Crippen LogP contribution in [0, 0.1) is 0 Å². The molecule has 0 N–H and O–H groups in total. The van der Waals surface area contributed by atoms with Crippen molar-refractivity contribution in [2.45, 2.75) is 6.67 Å². The third-order valence-corrected chi connectivity index (χ3v) is 1.52. The number of benzene rings is 1. The lowest BCUT2D eigenvalue weighted by Crippen LogP contribution is -1.88. The minimum absolute atomic E-state index is 0.370. The Labute approximate surface area is 56.3 Å². The zero-order valence-electron chi connectivity index (χ0n) is 4.97. The molecular weight excluding hydrogens is 134 g/mol. The molecule has 0 aliphatic rings. The van der Waals surface area contributed by atoms with E-state index in [1.165, 1.54) is 0 Å². The van der Waals surface area contributed by atoms with Crippen LogP contribution in [0.2, 0.25) is 0 Å². The topological polar surface area (TPSA) is 0 Å². The number of rotatable bonds is 1. The van der Waals surface area contributed by atoms with Crippen molar-refractivity contribution in [2.75, 3.05) is 0 Å². The zero-order valence-corrected chi connectivity index (χ0v) is 6.13. The molecule has 0 radical (unpaired) electrons. The van der Waals surface area contributed by atoms with Gasteiger partial charge in [-0.1, -0.05) is 24.3 Å². The van der Waals surface area contributed by atoms with Gasteiger partial charge in [-0.05, 0) is 10.9 Å². The second kappa shape index (κ2) is 2.93. The van der Waals surface area contributed by atoms with E-state index in [2.05, 4.69) is 9.24 Å². The molecule has 0 fully saturated rings. The Bertz CT molecular complexity index is 181. The van der Waals surface area contributed by atoms with Gasteiger partial charge in [0.15, 0.2) is 0 Å². The molecule has 0 saturated heterocycles. The van der Waals surface area contributed by atoms with Crippen LogP contribution >= 0.6 is 9.24 Å². The Morgan fingerprint density at radius 3 is 2.22 bits per heavy atom. The predicted molar refractivity (Wildman–Crippen MR) is 40.6 cm³/mol. The van der Waals surface area contributed by atoms with Gasteiger partial charge >= 0.3 is 0 Å². The molecule has 0 saturated carbocycles. The molecule has 1 rings (SSSR count). The summed E-state index contributed by atoms with van der Waals surface area (Å²) in [4.78, 5) is 0. The van der Waals surface area contributed by atoms with Gasteiger partial charge < -0.3 is 0 Å². The van der Waals surface area contributed by atoms with E-state index < -0.39 is 0 Å². The van der Waals surface area contributed by atoms with Crippen LogP contribution in [0.15, 0.2) is 24.3 Å². The van der Waals surface area contributed by atoms with Crippen molar-refractivity contribution >= 4 is 14.5 Å². The summed E-state index contributed by atoms with van der Waals surface area (Å²) in [5.74, 6) is 0. The van der Waals surface area contributed by atoms with Gasteiger partial charge in [0.05, 0.1) is 0 Å². The maximum Gasteiger partial charge on any atom is 0.115 e. The molecule has 0 aliphatic carbocycles. The lowest BCUT2D eigenvalue weighted by Gasteiger charge is -1.92. The molecule has 1 aromatic carbocycles. The molecule has 0 bridgehead atoms. The average molecular weight is 142 g/mol. The number of halogens is 1. The fourth-order valence-electron chi connectivity index (χ4n) is 0.607. The maximum absolute atomic E-state index is 11.9. The summed E-state index contributed by atoms with van der Waals surface area (Å²) in [5, 5.41) is 1.09. The van der Waals surface area contributed by atoms with Crippen molar-refractivity contribution in [3.05, 3.63) is 29.8 Å². The van der Waals surface area contributed by atoms with E-state index >= 15 is 0 Å². The van der Waals surface area contributed by atoms with E-state index in [0.717, 1.165) is 10.9 Å². The quantitative estimate of drug-likeness (QED) is 0.523. The summed E-state index contributed by atoms with van der Waals surface area (Å²) in [5.41, 5.74) is 0.737. The predicted octanol–water partition coefficient (Wildman–Crippen LogP) is 1.66. The van der Waals surface area contributed by atoms with E-state index in [1.807, 2.05) is 12.1 Å². The standard InChI is InChI=1S/C7H8FP/c8-5-6-1-3-7(9)4-2-6/h1-4H,5,9H2. The Morgan fingerprint density at radius 1 is 1.22 bits per heavy atom. The number of hydrogen-bond acceptors (Lipinski definition) is 0. The van der Waals surface area contributed by atoms with Crippen LogP contribution < -0.4 is 5.30 Å². The van der Waals surface area contributed by atoms with Gasteiger partial charge in [-0.3, -0.25) is 0 Å². The fraction of sp³-hybridized carbons (Fsp3) is 0.143. The molecule has 9 heavy (non-hydrogen) atoms. The third-order valence-electron chi connectivity index (χ3n) is 1.13. The van der Waals surface area contributed by atoms with Crippen LogP contribution in [-0.2, 0) is 6.67 Å². The molecule has 1 unspecified atom stereocenters. The summed E-state index contributed by atoms with van der Waals surface area (Å²) >= 11 is 0. The monoisotopic (exact) mass is 142 g/mol. The summed E-state index contributed by atoms with van der Waals surface area (Å²) in [6, 6.07) is 7.31. The smallest absolute Gasteiger partial charge is 0.115 e. The highest BCUT2D eigenvalue weighted by Gasteiger charge is 1.87. The molecule has 0 spiro atoms. The highest BCUT2D eigenvalue weighted by atomic mass is 31.0. The first-order chi connectivity index (χ1) is 4.33. The van der Waals surface area contributed by atoms with Crippen molar-refractivity contribution in [1.82, 2.24) is 0 Å². The SMILES string of the molecule is FCc1ccc(P)cc1. The second-order valence-corrected chi connectivity index (χ2v) is 2.54. The van der Waals surface area contributed by atoms with Crippen LogP contribution in [0.25, 0.3) is 0 Å². The average Bonchev–Trinajstić information content (AvgIpc) is 1.90. The fourth-order valence-corrected chi connectivity index (χ4v) is 0.799. The molecule has 2 heteroatoms. The van der Waals surface area contributed by atoms with Gasteiger partial charge in [-0.15, -0.1) is 9.24 Å². The molecule has 1 aromatic rings. The summed E-state index contributed by atoms with van der Waals surface area (Å²) < 4.78 is 11.9. The van der Waals surface area contributed by atoms with E-state index in [-0.39, 0.29) is 6.67 Å². The second-order valence-electron chi connectivity index (χ2n) is 1.88. The zero-order chi connectivity index (χ0) is 6.69. The minimum atomic E-state index is -0.370. The van der Waals surface area contributed by atoms with Gasteiger partial charge in [-0.2, -0.15) is 0 Å². The molecule has 1 atom stereocenters. The molecular formula is C7H8FP. The summed E-state index contributed by atoms with van der Waals surface area (Å²) in [6.45, 7) is -0.370. The van der Waals surface area contributed by atoms with E-state index in [4.69, 9.17) is 0 Å². The van der Waals surface area contributed by atoms with Gasteiger partial charge in [0.25, 0.3) is 0 Å². The van der Waals surface area contributed by atoms with Crippen molar-refractivity contribution in [2.24, 2.45) is 0 Å². The first-order valence-corrected chi connectivity index (χ1v) is 3.31. The number of alkyl halides is 1. The van der Waals surface area contributed by atoms with Crippen molar-refractivity contribution in [3.63, 3.8) is 0 Å². The highest BCUT2D eigenvalue weighted by Crippen LogP contribution is 1.99. The molecule has 0 amide bonds. The molecule has 0 aromatic heterocycles. The molecule has 0 nitrogen and oxygen atoms in total. The Morgan fingerprint density at radius 2 is 1.78 bits per heavy atom. The largest absolute Gasteiger partial charge is 0.246 e. The first-order valence-electron chi connectivity index (χ1n) is 2.73. The van der Waals surface area contributed by atoms with E-state index in [1.54, 1.807) is 12.1 Å². The van der Waals surface area contributed by atoms with Crippen molar-refractivity contribution in [1.29, 1.82) is 0 Å². The van der Waals surface area contributed by atoms with Gasteiger partial charge in [0, 0.05) is 0 Å². The third kappa shape index (κ3) is 1.76. The lowest BCUT2D eigenvalue weighted by molar-refractivity contribution is 0.485. The van der Waals surface area contributed by atoms with Crippen LogP contribution in [-0.4, -0.2) is 0 Å². The highest BCUT2D eigenvalue weighted by molar-refractivity contribution is 7.27. The van der Waals surface area contributed by atoms with Crippen molar-refractivity contribution in [3.8, 4) is 0 Å². The molecule has 48 valence electrons. The lowest BCUT2D eigenvalue weighted by atomic mass is 10.2. The normalized spacial score (nSPS) is 9.56. The van der Waals surface area contributed by atoms with Gasteiger partial charge in [-0.25, -0.2) is 4.39 Å². The summed E-state index contributed by atoms with van der Waals surface area (Å²) in [7, 11) is 2.55. The maximum atomic E-state index is 11.9. The van der Waals surface area contributed by atoms with Crippen molar-refractivity contribution < 1.29 is 4.39 Å². The number of hydrogen-bond donors (Lipinski definition) is 0. The van der Waals surface area contributed by atoms with Gasteiger partial charge in [0.1, 0.15) is 6.67 Å². The summed E-state index contributed by atoms with van der Waals surface area (Å²) in [6.07, 6.45) is 0. The minimum Gasteiger partial charge on any atom is -0.246 e. The van der Waals surface area contributed by atoms with Crippen LogP contribution in [0.5, 0.6) is 0 Å². The van der Waals surface area contributed by atoms with Crippen LogP contribution in [0.1, 0.15) is 5.56 Å². The molecule has 0 aliphatic heterocycles. The van der Waals surface area contributed by atoms with Crippen LogP contribution in [0.4, 0.5) is 4.39 Å². The van der Waals surface area contributed by atoms with E-state index in [0.29, 0.717) is 0 Å². The van der Waals surface area contributed by atoms with Gasteiger partial charge in [0.2, 0.25) is 0 Å². The van der Waals surface area contributed by atoms with Crippen LogP contribution in [0.3, 0.4) is 0 Å². The first kappa shape index (κ1) is 6.70.